The first kappa shape index (κ1) is 16.6. The van der Waals surface area contributed by atoms with E-state index in [9.17, 15) is 4.79 Å². The van der Waals surface area contributed by atoms with Crippen LogP contribution in [0.15, 0.2) is 18.2 Å². The molecule has 2 rings (SSSR count). The molecule has 1 aromatic carbocycles. The van der Waals surface area contributed by atoms with E-state index in [2.05, 4.69) is 24.1 Å². The molecule has 1 N–H and O–H groups in total. The highest BCUT2D eigenvalue weighted by atomic mass is 35.5. The predicted molar refractivity (Wildman–Crippen MR) is 87.7 cm³/mol. The van der Waals surface area contributed by atoms with Crippen molar-refractivity contribution >= 4 is 29.1 Å². The standard InChI is InChI=1S/C16H22Cl2N2O/c1-10(2)6-13-9-20(11(3)16(21)19-13)8-12-4-5-14(17)15(18)7-12/h4-5,7,10-11,13H,6,8-9H2,1-3H3,(H,19,21). The molecule has 1 amide bonds. The van der Waals surface area contributed by atoms with Crippen LogP contribution in [0.5, 0.6) is 0 Å². The summed E-state index contributed by atoms with van der Waals surface area (Å²) in [7, 11) is 0. The Morgan fingerprint density at radius 2 is 2.05 bits per heavy atom. The second-order valence-electron chi connectivity index (χ2n) is 6.19. The Morgan fingerprint density at radius 1 is 1.33 bits per heavy atom. The molecule has 0 aromatic heterocycles. The number of hydrogen-bond donors (Lipinski definition) is 1. The third-order valence-corrected chi connectivity index (χ3v) is 4.59. The summed E-state index contributed by atoms with van der Waals surface area (Å²) in [5.74, 6) is 0.669. The Balaban J connectivity index is 2.08. The van der Waals surface area contributed by atoms with Gasteiger partial charge in [0.2, 0.25) is 5.91 Å². The van der Waals surface area contributed by atoms with Crippen molar-refractivity contribution in [3.8, 4) is 0 Å². The molecule has 1 aliphatic rings. The highest BCUT2D eigenvalue weighted by Crippen LogP contribution is 2.24. The van der Waals surface area contributed by atoms with Crippen molar-refractivity contribution in [2.45, 2.75) is 45.8 Å². The summed E-state index contributed by atoms with van der Waals surface area (Å²) < 4.78 is 0. The smallest absolute Gasteiger partial charge is 0.237 e. The lowest BCUT2D eigenvalue weighted by atomic mass is 9.99. The topological polar surface area (TPSA) is 32.3 Å². The Labute approximate surface area is 136 Å². The van der Waals surface area contributed by atoms with E-state index in [0.29, 0.717) is 22.5 Å². The summed E-state index contributed by atoms with van der Waals surface area (Å²) in [6.45, 7) is 7.87. The summed E-state index contributed by atoms with van der Waals surface area (Å²) in [6, 6.07) is 5.74. The number of piperazine rings is 1. The molecule has 1 fully saturated rings. The van der Waals surface area contributed by atoms with Gasteiger partial charge in [-0.3, -0.25) is 9.69 Å². The SMILES string of the molecule is CC(C)CC1CN(Cc2ccc(Cl)c(Cl)c2)C(C)C(=O)N1. The molecule has 116 valence electrons. The van der Waals surface area contributed by atoms with E-state index in [-0.39, 0.29) is 18.0 Å². The number of benzene rings is 1. The highest BCUT2D eigenvalue weighted by Gasteiger charge is 2.31. The Kier molecular flexibility index (Phi) is 5.53. The van der Waals surface area contributed by atoms with Crippen molar-refractivity contribution in [2.75, 3.05) is 6.54 Å². The van der Waals surface area contributed by atoms with Crippen LogP contribution in [0.4, 0.5) is 0 Å². The summed E-state index contributed by atoms with van der Waals surface area (Å²) >= 11 is 12.0. The van der Waals surface area contributed by atoms with Gasteiger partial charge in [-0.2, -0.15) is 0 Å². The van der Waals surface area contributed by atoms with Crippen LogP contribution in [0, 0.1) is 5.92 Å². The number of carbonyl (C=O) groups is 1. The molecule has 1 heterocycles. The number of hydrogen-bond acceptors (Lipinski definition) is 2. The number of nitrogens with zero attached hydrogens (tertiary/aromatic N) is 1. The molecule has 0 bridgehead atoms. The van der Waals surface area contributed by atoms with Gasteiger partial charge in [0.1, 0.15) is 0 Å². The van der Waals surface area contributed by atoms with Gasteiger partial charge in [-0.25, -0.2) is 0 Å². The molecule has 0 spiro atoms. The highest BCUT2D eigenvalue weighted by molar-refractivity contribution is 6.42. The van der Waals surface area contributed by atoms with E-state index in [1.54, 1.807) is 6.07 Å². The second kappa shape index (κ2) is 6.99. The molecule has 0 saturated carbocycles. The zero-order valence-corrected chi connectivity index (χ0v) is 14.2. The molecule has 1 saturated heterocycles. The van der Waals surface area contributed by atoms with Crippen LogP contribution < -0.4 is 5.32 Å². The first-order chi connectivity index (χ1) is 9.86. The first-order valence-electron chi connectivity index (χ1n) is 7.35. The first-order valence-corrected chi connectivity index (χ1v) is 8.10. The molecule has 1 aliphatic heterocycles. The predicted octanol–water partition coefficient (Wildman–Crippen LogP) is 3.73. The molecule has 2 atom stereocenters. The van der Waals surface area contributed by atoms with Crippen molar-refractivity contribution < 1.29 is 4.79 Å². The van der Waals surface area contributed by atoms with Crippen LogP contribution in [0.3, 0.4) is 0 Å². The van der Waals surface area contributed by atoms with E-state index in [0.717, 1.165) is 18.5 Å². The number of carbonyl (C=O) groups excluding carboxylic acids is 1. The average molecular weight is 329 g/mol. The molecular formula is C16H22Cl2N2O. The Hall–Kier alpha value is -0.770. The van der Waals surface area contributed by atoms with Gasteiger partial charge in [0.15, 0.2) is 0 Å². The van der Waals surface area contributed by atoms with Crippen molar-refractivity contribution in [1.82, 2.24) is 10.2 Å². The lowest BCUT2D eigenvalue weighted by molar-refractivity contribution is -0.130. The lowest BCUT2D eigenvalue weighted by Crippen LogP contribution is -2.58. The summed E-state index contributed by atoms with van der Waals surface area (Å²) in [6.07, 6.45) is 0.996. The number of amides is 1. The normalized spacial score (nSPS) is 23.4. The van der Waals surface area contributed by atoms with Gasteiger partial charge < -0.3 is 5.32 Å². The minimum absolute atomic E-state index is 0.104. The molecule has 21 heavy (non-hydrogen) atoms. The van der Waals surface area contributed by atoms with Gasteiger partial charge in [-0.1, -0.05) is 43.1 Å². The van der Waals surface area contributed by atoms with Crippen LogP contribution in [-0.2, 0) is 11.3 Å². The van der Waals surface area contributed by atoms with Gasteiger partial charge in [0, 0.05) is 19.1 Å². The van der Waals surface area contributed by atoms with Crippen LogP contribution in [0.1, 0.15) is 32.8 Å². The van der Waals surface area contributed by atoms with E-state index in [1.807, 2.05) is 19.1 Å². The van der Waals surface area contributed by atoms with Gasteiger partial charge in [0.25, 0.3) is 0 Å². The Morgan fingerprint density at radius 3 is 2.67 bits per heavy atom. The number of rotatable bonds is 4. The minimum Gasteiger partial charge on any atom is -0.351 e. The van der Waals surface area contributed by atoms with Crippen molar-refractivity contribution in [3.05, 3.63) is 33.8 Å². The zero-order valence-electron chi connectivity index (χ0n) is 12.7. The summed E-state index contributed by atoms with van der Waals surface area (Å²) in [5.41, 5.74) is 1.08. The van der Waals surface area contributed by atoms with E-state index >= 15 is 0 Å². The number of nitrogens with one attached hydrogen (secondary N) is 1. The van der Waals surface area contributed by atoms with Crippen molar-refractivity contribution in [3.63, 3.8) is 0 Å². The maximum absolute atomic E-state index is 12.1. The van der Waals surface area contributed by atoms with Crippen molar-refractivity contribution in [1.29, 1.82) is 0 Å². The van der Waals surface area contributed by atoms with Crippen LogP contribution in [0.2, 0.25) is 10.0 Å². The third-order valence-electron chi connectivity index (χ3n) is 3.85. The second-order valence-corrected chi connectivity index (χ2v) is 7.00. The molecule has 3 nitrogen and oxygen atoms in total. The Bertz CT molecular complexity index is 519. The third kappa shape index (κ3) is 4.35. The largest absolute Gasteiger partial charge is 0.351 e. The fourth-order valence-electron chi connectivity index (χ4n) is 2.75. The fourth-order valence-corrected chi connectivity index (χ4v) is 3.07. The molecule has 5 heteroatoms. The minimum atomic E-state index is -0.122. The fraction of sp³-hybridized carbons (Fsp3) is 0.562. The van der Waals surface area contributed by atoms with E-state index in [1.165, 1.54) is 0 Å². The summed E-state index contributed by atoms with van der Waals surface area (Å²) in [5, 5.41) is 4.22. The molecular weight excluding hydrogens is 307 g/mol. The van der Waals surface area contributed by atoms with Crippen LogP contribution in [-0.4, -0.2) is 29.4 Å². The summed E-state index contributed by atoms with van der Waals surface area (Å²) in [4.78, 5) is 14.3. The van der Waals surface area contributed by atoms with E-state index < -0.39 is 0 Å². The maximum atomic E-state index is 12.1. The lowest BCUT2D eigenvalue weighted by Gasteiger charge is -2.38. The molecule has 1 aromatic rings. The van der Waals surface area contributed by atoms with Crippen LogP contribution >= 0.6 is 23.2 Å². The molecule has 0 radical (unpaired) electrons. The monoisotopic (exact) mass is 328 g/mol. The van der Waals surface area contributed by atoms with Gasteiger partial charge in [-0.05, 0) is 37.0 Å². The quantitative estimate of drug-likeness (QED) is 0.913. The number of halogens is 2. The van der Waals surface area contributed by atoms with Gasteiger partial charge in [-0.15, -0.1) is 0 Å². The van der Waals surface area contributed by atoms with E-state index in [4.69, 9.17) is 23.2 Å². The van der Waals surface area contributed by atoms with Crippen LogP contribution in [0.25, 0.3) is 0 Å². The van der Waals surface area contributed by atoms with Crippen molar-refractivity contribution in [2.24, 2.45) is 5.92 Å². The molecule has 2 unspecified atom stereocenters. The molecule has 0 aliphatic carbocycles. The maximum Gasteiger partial charge on any atom is 0.237 e. The average Bonchev–Trinajstić information content (AvgIpc) is 2.39. The van der Waals surface area contributed by atoms with Gasteiger partial charge in [0.05, 0.1) is 16.1 Å². The van der Waals surface area contributed by atoms with Gasteiger partial charge >= 0.3 is 0 Å². The zero-order chi connectivity index (χ0) is 15.6.